The summed E-state index contributed by atoms with van der Waals surface area (Å²) in [4.78, 5) is 6.52. The molecule has 0 aliphatic rings. The minimum atomic E-state index is 0.148. The number of hydrogen-bond donors (Lipinski definition) is 1. The molecule has 1 N–H and O–H groups in total. The zero-order valence-corrected chi connectivity index (χ0v) is 23.7. The predicted octanol–water partition coefficient (Wildman–Crippen LogP) is 0.969. The van der Waals surface area contributed by atoms with E-state index in [1.54, 1.807) is 0 Å². The van der Waals surface area contributed by atoms with Gasteiger partial charge in [-0.3, -0.25) is 5.26 Å². The van der Waals surface area contributed by atoms with Gasteiger partial charge in [0.1, 0.15) is 6.61 Å². The van der Waals surface area contributed by atoms with E-state index in [1.807, 2.05) is 0 Å². The first-order valence-electron chi connectivity index (χ1n) is 13.5. The van der Waals surface area contributed by atoms with E-state index < -0.39 is 0 Å². The van der Waals surface area contributed by atoms with Crippen molar-refractivity contribution >= 4 is 0 Å². The standard InChI is InChI=1S/C24H49N3O13/c25-27-26-1-2-29-3-4-30-5-6-31-7-8-32-9-10-33-11-12-34-13-14-35-15-16-36-17-18-37-19-20-38-21-22-39-23-24-40-28/h28H,1-24H2. The fraction of sp³-hybridized carbons (Fsp3) is 1.00. The third-order valence-electron chi connectivity index (χ3n) is 4.44. The van der Waals surface area contributed by atoms with Gasteiger partial charge in [-0.15, -0.1) is 0 Å². The van der Waals surface area contributed by atoms with Crippen LogP contribution >= 0.6 is 0 Å². The zero-order chi connectivity index (χ0) is 28.9. The van der Waals surface area contributed by atoms with E-state index in [2.05, 4.69) is 14.9 Å². The Labute approximate surface area is 236 Å². The lowest BCUT2D eigenvalue weighted by Crippen LogP contribution is -2.15. The SMILES string of the molecule is [N-]=[N+]=NCCOCCOCCOCCOCCOCCOCCOCCOCCOCCOCCOCCOO. The molecule has 0 fully saturated rings. The Kier molecular flexibility index (Phi) is 36.6. The van der Waals surface area contributed by atoms with Crippen molar-refractivity contribution in [2.45, 2.75) is 0 Å². The molecule has 0 saturated heterocycles. The van der Waals surface area contributed by atoms with E-state index >= 15 is 0 Å². The van der Waals surface area contributed by atoms with Crippen molar-refractivity contribution in [2.75, 3.05) is 159 Å². The highest BCUT2D eigenvalue weighted by Crippen LogP contribution is 1.87. The lowest BCUT2D eigenvalue weighted by Gasteiger charge is -2.09. The normalized spacial score (nSPS) is 11.2. The van der Waals surface area contributed by atoms with Crippen molar-refractivity contribution in [2.24, 2.45) is 5.11 Å². The second-order valence-corrected chi connectivity index (χ2v) is 7.52. The molecular formula is C24H49N3O13. The average Bonchev–Trinajstić information content (AvgIpc) is 2.97. The highest BCUT2D eigenvalue weighted by Gasteiger charge is 1.96. The van der Waals surface area contributed by atoms with Gasteiger partial charge in [-0.05, 0) is 5.53 Å². The molecule has 0 spiro atoms. The van der Waals surface area contributed by atoms with E-state index in [1.165, 1.54) is 0 Å². The van der Waals surface area contributed by atoms with Crippen molar-refractivity contribution in [3.05, 3.63) is 10.4 Å². The summed E-state index contributed by atoms with van der Waals surface area (Å²) in [5.41, 5.74) is 8.12. The molecule has 0 aliphatic heterocycles. The maximum atomic E-state index is 8.12. The van der Waals surface area contributed by atoms with Gasteiger partial charge in [-0.2, -0.15) is 0 Å². The summed E-state index contributed by atoms with van der Waals surface area (Å²) >= 11 is 0. The molecule has 0 aromatic heterocycles. The Bertz CT molecular complexity index is 520. The summed E-state index contributed by atoms with van der Waals surface area (Å²) in [6.45, 7) is 10.9. The largest absolute Gasteiger partial charge is 0.379 e. The molecule has 0 bridgehead atoms. The lowest BCUT2D eigenvalue weighted by molar-refractivity contribution is -0.249. The zero-order valence-electron chi connectivity index (χ0n) is 23.7. The first-order chi connectivity index (χ1) is 19.9. The smallest absolute Gasteiger partial charge is 0.105 e. The van der Waals surface area contributed by atoms with Crippen LogP contribution in [-0.4, -0.2) is 164 Å². The van der Waals surface area contributed by atoms with Gasteiger partial charge < -0.3 is 52.1 Å². The summed E-state index contributed by atoms with van der Waals surface area (Å²) in [5, 5.41) is 11.5. The Balaban J connectivity index is 3.03. The van der Waals surface area contributed by atoms with E-state index in [0.29, 0.717) is 152 Å². The van der Waals surface area contributed by atoms with Crippen LogP contribution in [0.5, 0.6) is 0 Å². The van der Waals surface area contributed by atoms with Crippen LogP contribution in [0, 0.1) is 0 Å². The van der Waals surface area contributed by atoms with Crippen molar-refractivity contribution in [3.63, 3.8) is 0 Å². The van der Waals surface area contributed by atoms with Crippen LogP contribution in [-0.2, 0) is 57.0 Å². The Morgan fingerprint density at radius 2 is 0.550 bits per heavy atom. The highest BCUT2D eigenvalue weighted by atomic mass is 17.1. The Morgan fingerprint density at radius 3 is 0.750 bits per heavy atom. The third kappa shape index (κ3) is 36.8. The minimum Gasteiger partial charge on any atom is -0.379 e. The highest BCUT2D eigenvalue weighted by molar-refractivity contribution is 4.44. The van der Waals surface area contributed by atoms with E-state index in [0.717, 1.165) is 0 Å². The van der Waals surface area contributed by atoms with Crippen LogP contribution < -0.4 is 0 Å². The second-order valence-electron chi connectivity index (χ2n) is 7.52. The molecule has 0 saturated carbocycles. The predicted molar refractivity (Wildman–Crippen MR) is 142 cm³/mol. The fourth-order valence-corrected chi connectivity index (χ4v) is 2.55. The second kappa shape index (κ2) is 37.8. The van der Waals surface area contributed by atoms with Crippen LogP contribution in [0.4, 0.5) is 0 Å². The molecule has 0 radical (unpaired) electrons. The molecule has 16 heteroatoms. The van der Waals surface area contributed by atoms with Gasteiger partial charge in [-0.25, -0.2) is 4.89 Å². The van der Waals surface area contributed by atoms with E-state index in [4.69, 9.17) is 62.9 Å². The van der Waals surface area contributed by atoms with Crippen LogP contribution in [0.1, 0.15) is 0 Å². The molecule has 0 aromatic rings. The molecule has 40 heavy (non-hydrogen) atoms. The third-order valence-corrected chi connectivity index (χ3v) is 4.44. The summed E-state index contributed by atoms with van der Waals surface area (Å²) in [6.07, 6.45) is 0. The molecule has 0 atom stereocenters. The summed E-state index contributed by atoms with van der Waals surface area (Å²) in [5.74, 6) is 0. The molecule has 0 unspecified atom stereocenters. The van der Waals surface area contributed by atoms with Gasteiger partial charge in [-0.1, -0.05) is 5.11 Å². The molecule has 0 heterocycles. The van der Waals surface area contributed by atoms with Gasteiger partial charge in [0, 0.05) is 11.5 Å². The van der Waals surface area contributed by atoms with Crippen molar-refractivity contribution in [3.8, 4) is 0 Å². The number of azide groups is 1. The van der Waals surface area contributed by atoms with Crippen LogP contribution in [0.25, 0.3) is 10.4 Å². The van der Waals surface area contributed by atoms with Crippen molar-refractivity contribution < 1.29 is 62.3 Å². The molecule has 16 nitrogen and oxygen atoms in total. The van der Waals surface area contributed by atoms with E-state index in [9.17, 15) is 0 Å². The van der Waals surface area contributed by atoms with Crippen molar-refractivity contribution in [1.29, 1.82) is 0 Å². The van der Waals surface area contributed by atoms with Gasteiger partial charge in [0.05, 0.1) is 145 Å². The molecule has 238 valence electrons. The summed E-state index contributed by atoms with van der Waals surface area (Å²) < 4.78 is 59.0. The molecular weight excluding hydrogens is 538 g/mol. The minimum absolute atomic E-state index is 0.148. The molecule has 0 aromatic carbocycles. The molecule has 0 aliphatic carbocycles. The monoisotopic (exact) mass is 587 g/mol. The molecule has 0 rings (SSSR count). The van der Waals surface area contributed by atoms with Gasteiger partial charge in [0.15, 0.2) is 0 Å². The quantitative estimate of drug-likeness (QED) is 0.0274. The topological polar surface area (TPSA) is 180 Å². The molecule has 0 amide bonds. The van der Waals surface area contributed by atoms with Crippen LogP contribution in [0.2, 0.25) is 0 Å². The first kappa shape index (κ1) is 38.8. The fourth-order valence-electron chi connectivity index (χ4n) is 2.55. The maximum Gasteiger partial charge on any atom is 0.105 e. The number of nitrogens with zero attached hydrogens (tertiary/aromatic N) is 3. The number of rotatable bonds is 36. The lowest BCUT2D eigenvalue weighted by atomic mass is 10.6. The van der Waals surface area contributed by atoms with Gasteiger partial charge >= 0.3 is 0 Å². The van der Waals surface area contributed by atoms with Gasteiger partial charge in [0.2, 0.25) is 0 Å². The Morgan fingerprint density at radius 1 is 0.350 bits per heavy atom. The van der Waals surface area contributed by atoms with Gasteiger partial charge in [0.25, 0.3) is 0 Å². The van der Waals surface area contributed by atoms with Crippen molar-refractivity contribution in [1.82, 2.24) is 0 Å². The number of ether oxygens (including phenoxy) is 11. The van der Waals surface area contributed by atoms with Crippen LogP contribution in [0.15, 0.2) is 5.11 Å². The maximum absolute atomic E-state index is 8.12. The summed E-state index contributed by atoms with van der Waals surface area (Å²) in [7, 11) is 0. The Hall–Kier alpha value is -1.21. The first-order valence-corrected chi connectivity index (χ1v) is 13.5. The van der Waals surface area contributed by atoms with E-state index in [-0.39, 0.29) is 6.61 Å². The summed E-state index contributed by atoms with van der Waals surface area (Å²) in [6, 6.07) is 0. The number of hydrogen-bond acceptors (Lipinski definition) is 14. The van der Waals surface area contributed by atoms with Crippen LogP contribution in [0.3, 0.4) is 0 Å². The average molecular weight is 588 g/mol.